The van der Waals surface area contributed by atoms with Crippen molar-refractivity contribution in [2.24, 2.45) is 0 Å². The molecular formula is C20H44F6NP. The standard InChI is InChI=1S/C20H44N.F6P/c1-5-9-13-14-15-16-20-21(17-10-6-2,18-11-7-3)19-12-8-4;1-7(2,3,4,5)6/h5-20H2,1-4H3;/q+1;-1. The molecule has 0 amide bonds. The van der Waals surface area contributed by atoms with Gasteiger partial charge in [-0.25, -0.2) is 0 Å². The van der Waals surface area contributed by atoms with Crippen LogP contribution in [0.25, 0.3) is 0 Å². The van der Waals surface area contributed by atoms with Gasteiger partial charge in [-0.3, -0.25) is 0 Å². The van der Waals surface area contributed by atoms with Crippen molar-refractivity contribution in [3.8, 4) is 0 Å². The van der Waals surface area contributed by atoms with Crippen molar-refractivity contribution in [1.29, 1.82) is 0 Å². The number of unbranched alkanes of at least 4 members (excludes halogenated alkanes) is 8. The van der Waals surface area contributed by atoms with E-state index >= 15 is 0 Å². The van der Waals surface area contributed by atoms with E-state index in [-0.39, 0.29) is 0 Å². The first-order valence-electron chi connectivity index (χ1n) is 11.1. The van der Waals surface area contributed by atoms with Gasteiger partial charge in [-0.05, 0) is 32.1 Å². The number of hydrogen-bond acceptors (Lipinski definition) is 0. The summed E-state index contributed by atoms with van der Waals surface area (Å²) in [6.45, 7) is 15.1. The number of halogens is 6. The second kappa shape index (κ2) is 13.3. The minimum atomic E-state index is -10.7. The third-order valence-corrected chi connectivity index (χ3v) is 4.94. The monoisotopic (exact) mass is 443 g/mol. The summed E-state index contributed by atoms with van der Waals surface area (Å²) in [5.41, 5.74) is 0. The number of quaternary nitrogens is 1. The first kappa shape index (κ1) is 30.2. The predicted molar refractivity (Wildman–Crippen MR) is 111 cm³/mol. The van der Waals surface area contributed by atoms with Crippen molar-refractivity contribution < 1.29 is 29.7 Å². The second-order valence-corrected chi connectivity index (χ2v) is 9.94. The fraction of sp³-hybridized carbons (Fsp3) is 1.00. The summed E-state index contributed by atoms with van der Waals surface area (Å²) >= 11 is 0. The van der Waals surface area contributed by atoms with E-state index in [1.807, 2.05) is 0 Å². The van der Waals surface area contributed by atoms with Crippen LogP contribution in [0.2, 0.25) is 0 Å². The van der Waals surface area contributed by atoms with Crippen molar-refractivity contribution in [2.75, 3.05) is 26.2 Å². The Labute approximate surface area is 169 Å². The van der Waals surface area contributed by atoms with E-state index in [0.717, 1.165) is 0 Å². The summed E-state index contributed by atoms with van der Waals surface area (Å²) < 4.78 is 60.6. The van der Waals surface area contributed by atoms with Gasteiger partial charge < -0.3 is 4.48 Å². The maximum atomic E-state index is 9.87. The predicted octanol–water partition coefficient (Wildman–Crippen LogP) is 9.95. The Hall–Kier alpha value is -0.0300. The van der Waals surface area contributed by atoms with Crippen LogP contribution in [0.15, 0.2) is 0 Å². The van der Waals surface area contributed by atoms with Crippen LogP contribution in [-0.2, 0) is 0 Å². The molecule has 0 aromatic rings. The van der Waals surface area contributed by atoms with Crippen molar-refractivity contribution >= 4 is 7.81 Å². The van der Waals surface area contributed by atoms with Gasteiger partial charge >= 0.3 is 33.0 Å². The van der Waals surface area contributed by atoms with Gasteiger partial charge in [-0.15, -0.1) is 0 Å². The molecule has 0 N–H and O–H groups in total. The number of rotatable bonds is 16. The molecule has 0 aliphatic rings. The molecule has 0 aromatic heterocycles. The van der Waals surface area contributed by atoms with E-state index in [0.29, 0.717) is 0 Å². The average Bonchev–Trinajstić information content (AvgIpc) is 2.56. The zero-order chi connectivity index (χ0) is 22.2. The van der Waals surface area contributed by atoms with E-state index in [1.165, 1.54) is 108 Å². The van der Waals surface area contributed by atoms with Gasteiger partial charge in [0.2, 0.25) is 0 Å². The third-order valence-electron chi connectivity index (χ3n) is 4.94. The van der Waals surface area contributed by atoms with Gasteiger partial charge in [0.05, 0.1) is 26.2 Å². The summed E-state index contributed by atoms with van der Waals surface area (Å²) in [5.74, 6) is 0. The van der Waals surface area contributed by atoms with Crippen LogP contribution < -0.4 is 0 Å². The zero-order valence-corrected chi connectivity index (χ0v) is 19.4. The van der Waals surface area contributed by atoms with Gasteiger partial charge in [0.25, 0.3) is 0 Å². The normalized spacial score (nSPS) is 14.8. The fourth-order valence-electron chi connectivity index (χ4n) is 3.38. The summed E-state index contributed by atoms with van der Waals surface area (Å²) in [7, 11) is -10.7. The fourth-order valence-corrected chi connectivity index (χ4v) is 3.38. The van der Waals surface area contributed by atoms with Crippen LogP contribution in [0.4, 0.5) is 25.2 Å². The Bertz CT molecular complexity index is 336. The van der Waals surface area contributed by atoms with Crippen molar-refractivity contribution in [3.63, 3.8) is 0 Å². The SMILES string of the molecule is CCCCCCCC[N+](CCCC)(CCCC)CCCC.F[P-](F)(F)(F)(F)F. The molecule has 0 radical (unpaired) electrons. The van der Waals surface area contributed by atoms with Gasteiger partial charge in [0.15, 0.2) is 0 Å². The maximum absolute atomic E-state index is 10.7. The first-order valence-corrected chi connectivity index (χ1v) is 13.1. The summed E-state index contributed by atoms with van der Waals surface area (Å²) in [6, 6.07) is 0. The van der Waals surface area contributed by atoms with Crippen LogP contribution in [0.5, 0.6) is 0 Å². The molecule has 0 aromatic carbocycles. The Morgan fingerprint density at radius 2 is 0.679 bits per heavy atom. The molecule has 0 aliphatic heterocycles. The molecule has 0 saturated heterocycles. The quantitative estimate of drug-likeness (QED) is 0.0963. The molecule has 8 heteroatoms. The van der Waals surface area contributed by atoms with Crippen molar-refractivity contribution in [3.05, 3.63) is 0 Å². The molecule has 0 fully saturated rings. The van der Waals surface area contributed by atoms with Gasteiger partial charge in [-0.1, -0.05) is 72.6 Å². The van der Waals surface area contributed by atoms with Gasteiger partial charge in [0.1, 0.15) is 0 Å². The van der Waals surface area contributed by atoms with Gasteiger partial charge in [0, 0.05) is 0 Å². The second-order valence-electron chi connectivity index (χ2n) is 8.02. The Morgan fingerprint density at radius 1 is 0.429 bits per heavy atom. The molecule has 0 spiro atoms. The third kappa shape index (κ3) is 28.2. The van der Waals surface area contributed by atoms with E-state index in [1.54, 1.807) is 0 Å². The van der Waals surface area contributed by atoms with Crippen LogP contribution >= 0.6 is 7.81 Å². The number of hydrogen-bond donors (Lipinski definition) is 0. The molecule has 0 atom stereocenters. The molecule has 1 nitrogen and oxygen atoms in total. The van der Waals surface area contributed by atoms with E-state index in [9.17, 15) is 25.2 Å². The van der Waals surface area contributed by atoms with Crippen LogP contribution in [0.1, 0.15) is 105 Å². The van der Waals surface area contributed by atoms with Gasteiger partial charge in [-0.2, -0.15) is 0 Å². The molecule has 176 valence electrons. The van der Waals surface area contributed by atoms with Crippen LogP contribution in [0, 0.1) is 0 Å². The average molecular weight is 444 g/mol. The summed E-state index contributed by atoms with van der Waals surface area (Å²) in [4.78, 5) is 0. The molecule has 0 saturated carbocycles. The van der Waals surface area contributed by atoms with E-state index in [4.69, 9.17) is 0 Å². The van der Waals surface area contributed by atoms with E-state index in [2.05, 4.69) is 27.7 Å². The molecule has 0 heterocycles. The zero-order valence-electron chi connectivity index (χ0n) is 18.5. The molecule has 0 unspecified atom stereocenters. The number of nitrogens with zero attached hydrogens (tertiary/aromatic N) is 1. The minimum absolute atomic E-state index is 1.36. The van der Waals surface area contributed by atoms with Crippen molar-refractivity contribution in [2.45, 2.75) is 105 Å². The molecular weight excluding hydrogens is 399 g/mol. The molecule has 0 rings (SSSR count). The molecule has 28 heavy (non-hydrogen) atoms. The first-order chi connectivity index (χ1) is 12.7. The van der Waals surface area contributed by atoms with Crippen molar-refractivity contribution in [1.82, 2.24) is 0 Å². The Morgan fingerprint density at radius 3 is 1.00 bits per heavy atom. The Balaban J connectivity index is 0. The van der Waals surface area contributed by atoms with Crippen LogP contribution in [0.3, 0.4) is 0 Å². The van der Waals surface area contributed by atoms with Crippen LogP contribution in [-0.4, -0.2) is 30.7 Å². The molecule has 0 aliphatic carbocycles. The molecule has 0 bridgehead atoms. The van der Waals surface area contributed by atoms with E-state index < -0.39 is 7.81 Å². The topological polar surface area (TPSA) is 0 Å². The summed E-state index contributed by atoms with van der Waals surface area (Å²) in [5, 5.41) is 0. The Kier molecular flexibility index (Phi) is 14.3. The summed E-state index contributed by atoms with van der Waals surface area (Å²) in [6.07, 6.45) is 17.0.